The number of rotatable bonds is 5. The lowest BCUT2D eigenvalue weighted by molar-refractivity contribution is 0.492. The Labute approximate surface area is 124 Å². The normalized spacial score (nSPS) is 12.7. The van der Waals surface area contributed by atoms with Crippen LogP contribution < -0.4 is 5.32 Å². The Morgan fingerprint density at radius 2 is 2.10 bits per heavy atom. The molecule has 1 unspecified atom stereocenters. The van der Waals surface area contributed by atoms with Crippen LogP contribution in [0.5, 0.6) is 0 Å². The maximum Gasteiger partial charge on any atom is 0.159 e. The summed E-state index contributed by atoms with van der Waals surface area (Å²) in [6.07, 6.45) is 0.519. The van der Waals surface area contributed by atoms with Crippen LogP contribution in [0.15, 0.2) is 22.8 Å². The highest BCUT2D eigenvalue weighted by molar-refractivity contribution is 9.10. The van der Waals surface area contributed by atoms with Crippen molar-refractivity contribution >= 4 is 15.9 Å². The Morgan fingerprint density at radius 3 is 2.65 bits per heavy atom. The molecule has 0 spiro atoms. The van der Waals surface area contributed by atoms with E-state index >= 15 is 0 Å². The molecule has 1 N–H and O–H groups in total. The molecule has 0 amide bonds. The van der Waals surface area contributed by atoms with Crippen molar-refractivity contribution in [2.45, 2.75) is 19.4 Å². The average Bonchev–Trinajstić information content (AvgIpc) is 2.73. The number of aryl methyl sites for hydroxylation is 1. The highest BCUT2D eigenvalue weighted by Crippen LogP contribution is 2.24. The third kappa shape index (κ3) is 3.21. The second-order valence-corrected chi connectivity index (χ2v) is 5.20. The lowest BCUT2D eigenvalue weighted by Crippen LogP contribution is -2.25. The van der Waals surface area contributed by atoms with Crippen LogP contribution in [0.4, 0.5) is 8.78 Å². The van der Waals surface area contributed by atoms with Crippen molar-refractivity contribution in [2.75, 3.05) is 6.54 Å². The van der Waals surface area contributed by atoms with Crippen molar-refractivity contribution in [1.29, 1.82) is 0 Å². The first-order valence-corrected chi connectivity index (χ1v) is 7.04. The largest absolute Gasteiger partial charge is 0.309 e. The van der Waals surface area contributed by atoms with E-state index in [9.17, 15) is 8.78 Å². The Hall–Kier alpha value is -1.34. The van der Waals surface area contributed by atoms with E-state index in [-0.39, 0.29) is 6.04 Å². The Kier molecular flexibility index (Phi) is 4.82. The lowest BCUT2D eigenvalue weighted by atomic mass is 10.0. The van der Waals surface area contributed by atoms with Crippen molar-refractivity contribution in [1.82, 2.24) is 20.3 Å². The number of halogens is 3. The molecule has 0 bridgehead atoms. The quantitative estimate of drug-likeness (QED) is 0.906. The molecule has 1 heterocycles. The molecule has 0 fully saturated rings. The molecular formula is C13H15BrF2N4. The van der Waals surface area contributed by atoms with E-state index < -0.39 is 11.6 Å². The van der Waals surface area contributed by atoms with E-state index in [0.717, 1.165) is 18.3 Å². The fourth-order valence-electron chi connectivity index (χ4n) is 2.12. The van der Waals surface area contributed by atoms with Crippen LogP contribution in [-0.2, 0) is 13.5 Å². The van der Waals surface area contributed by atoms with E-state index in [4.69, 9.17) is 0 Å². The van der Waals surface area contributed by atoms with E-state index in [0.29, 0.717) is 16.6 Å². The molecule has 7 heteroatoms. The van der Waals surface area contributed by atoms with Crippen molar-refractivity contribution < 1.29 is 8.78 Å². The van der Waals surface area contributed by atoms with Gasteiger partial charge in [-0.05, 0) is 46.6 Å². The minimum absolute atomic E-state index is 0.0840. The van der Waals surface area contributed by atoms with Crippen LogP contribution in [0.3, 0.4) is 0 Å². The molecule has 0 saturated heterocycles. The van der Waals surface area contributed by atoms with Crippen molar-refractivity contribution in [2.24, 2.45) is 7.05 Å². The van der Waals surface area contributed by atoms with Gasteiger partial charge in [0.05, 0.1) is 11.7 Å². The number of nitrogens with one attached hydrogen (secondary N) is 1. The molecule has 0 radical (unpaired) electrons. The highest BCUT2D eigenvalue weighted by Gasteiger charge is 2.20. The summed E-state index contributed by atoms with van der Waals surface area (Å²) in [5.74, 6) is -1.67. The molecule has 108 valence electrons. The minimum Gasteiger partial charge on any atom is -0.309 e. The maximum atomic E-state index is 13.3. The van der Waals surface area contributed by atoms with Crippen LogP contribution in [0, 0.1) is 11.6 Å². The van der Waals surface area contributed by atoms with Gasteiger partial charge in [0.15, 0.2) is 16.2 Å². The second-order valence-electron chi connectivity index (χ2n) is 4.45. The van der Waals surface area contributed by atoms with Gasteiger partial charge in [-0.2, -0.15) is 0 Å². The molecule has 4 nitrogen and oxygen atoms in total. The predicted molar refractivity (Wildman–Crippen MR) is 75.2 cm³/mol. The van der Waals surface area contributed by atoms with Gasteiger partial charge in [-0.1, -0.05) is 18.2 Å². The zero-order valence-electron chi connectivity index (χ0n) is 11.2. The Balaban J connectivity index is 2.28. The summed E-state index contributed by atoms with van der Waals surface area (Å²) in [6.45, 7) is 2.72. The van der Waals surface area contributed by atoms with E-state index in [1.54, 1.807) is 17.8 Å². The second kappa shape index (κ2) is 6.41. The van der Waals surface area contributed by atoms with Gasteiger partial charge >= 0.3 is 0 Å². The van der Waals surface area contributed by atoms with E-state index in [1.165, 1.54) is 6.07 Å². The van der Waals surface area contributed by atoms with E-state index in [2.05, 4.69) is 31.6 Å². The van der Waals surface area contributed by atoms with Crippen molar-refractivity contribution in [3.8, 4) is 0 Å². The lowest BCUT2D eigenvalue weighted by Gasteiger charge is -2.18. The van der Waals surface area contributed by atoms with Crippen molar-refractivity contribution in [3.63, 3.8) is 0 Å². The molecule has 2 rings (SSSR count). The zero-order valence-corrected chi connectivity index (χ0v) is 12.8. The van der Waals surface area contributed by atoms with Gasteiger partial charge in [-0.3, -0.25) is 0 Å². The Morgan fingerprint density at radius 1 is 1.35 bits per heavy atom. The fourth-order valence-corrected chi connectivity index (χ4v) is 2.73. The number of benzene rings is 1. The number of aromatic nitrogens is 3. The van der Waals surface area contributed by atoms with Gasteiger partial charge in [0.25, 0.3) is 0 Å². The molecular weight excluding hydrogens is 330 g/mol. The number of nitrogens with zero attached hydrogens (tertiary/aromatic N) is 3. The van der Waals surface area contributed by atoms with Crippen LogP contribution in [0.25, 0.3) is 0 Å². The minimum atomic E-state index is -0.836. The Bertz CT molecular complexity index is 581. The molecule has 2 aromatic rings. The molecule has 0 saturated carbocycles. The van der Waals surface area contributed by atoms with Gasteiger partial charge in [-0.15, -0.1) is 5.10 Å². The monoisotopic (exact) mass is 344 g/mol. The summed E-state index contributed by atoms with van der Waals surface area (Å²) in [6, 6.07) is 3.86. The summed E-state index contributed by atoms with van der Waals surface area (Å²) < 4.78 is 28.6. The summed E-state index contributed by atoms with van der Waals surface area (Å²) in [5, 5.41) is 11.2. The van der Waals surface area contributed by atoms with Gasteiger partial charge in [-0.25, -0.2) is 13.5 Å². The first-order valence-electron chi connectivity index (χ1n) is 6.25. The van der Waals surface area contributed by atoms with Gasteiger partial charge in [0.1, 0.15) is 0 Å². The summed E-state index contributed by atoms with van der Waals surface area (Å²) >= 11 is 3.36. The van der Waals surface area contributed by atoms with Crippen LogP contribution in [0.1, 0.15) is 24.2 Å². The highest BCUT2D eigenvalue weighted by atomic mass is 79.9. The third-order valence-corrected chi connectivity index (χ3v) is 3.60. The topological polar surface area (TPSA) is 42.7 Å². The number of likely N-dealkylation sites (N-methyl/N-ethyl adjacent to an activating group) is 1. The summed E-state index contributed by atoms with van der Waals surface area (Å²) in [7, 11) is 1.79. The number of hydrogen-bond acceptors (Lipinski definition) is 3. The predicted octanol–water partition coefficient (Wildman–Crippen LogP) is 2.75. The first-order chi connectivity index (χ1) is 9.52. The zero-order chi connectivity index (χ0) is 14.7. The van der Waals surface area contributed by atoms with Crippen LogP contribution in [-0.4, -0.2) is 21.5 Å². The molecule has 1 atom stereocenters. The van der Waals surface area contributed by atoms with Crippen molar-refractivity contribution in [3.05, 3.63) is 45.7 Å². The van der Waals surface area contributed by atoms with Gasteiger partial charge in [0.2, 0.25) is 0 Å². The fraction of sp³-hybridized carbons (Fsp3) is 0.385. The van der Waals surface area contributed by atoms with Gasteiger partial charge in [0, 0.05) is 7.05 Å². The SMILES string of the molecule is CCNC(Cc1ccc(F)c(F)c1)c1c(Br)nnn1C. The summed E-state index contributed by atoms with van der Waals surface area (Å²) in [5.41, 5.74) is 1.58. The standard InChI is InChI=1S/C13H15BrF2N4/c1-3-17-11(12-13(14)18-19-20(12)2)7-8-4-5-9(15)10(16)6-8/h4-6,11,17H,3,7H2,1-2H3. The smallest absolute Gasteiger partial charge is 0.159 e. The maximum absolute atomic E-state index is 13.3. The number of hydrogen-bond donors (Lipinski definition) is 1. The first kappa shape index (κ1) is 15.1. The molecule has 0 aliphatic rings. The third-order valence-electron chi connectivity index (χ3n) is 3.03. The van der Waals surface area contributed by atoms with Crippen LogP contribution in [0.2, 0.25) is 0 Å². The molecule has 0 aliphatic heterocycles. The van der Waals surface area contributed by atoms with E-state index in [1.807, 2.05) is 6.92 Å². The molecule has 20 heavy (non-hydrogen) atoms. The molecule has 0 aliphatic carbocycles. The average molecular weight is 345 g/mol. The summed E-state index contributed by atoms with van der Waals surface area (Å²) in [4.78, 5) is 0. The van der Waals surface area contributed by atoms with Crippen LogP contribution >= 0.6 is 15.9 Å². The van der Waals surface area contributed by atoms with Gasteiger partial charge < -0.3 is 5.32 Å². The molecule has 1 aromatic carbocycles. The molecule has 1 aromatic heterocycles.